The van der Waals surface area contributed by atoms with Crippen LogP contribution in [0.25, 0.3) is 5.76 Å². The molecule has 0 fully saturated rings. The Balaban J connectivity index is 1.91. The van der Waals surface area contributed by atoms with Crippen LogP contribution in [-0.4, -0.2) is 38.2 Å². The number of anilines is 1. The van der Waals surface area contributed by atoms with Gasteiger partial charge in [-0.2, -0.15) is 0 Å². The number of fused-ring (bicyclic) bond motifs is 1. The predicted octanol–water partition coefficient (Wildman–Crippen LogP) is 2.65. The highest BCUT2D eigenvalue weighted by atomic mass is 35.5. The number of hydrogen-bond donors (Lipinski definition) is 3. The molecule has 2 aromatic rings. The van der Waals surface area contributed by atoms with E-state index in [-0.39, 0.29) is 13.2 Å². The van der Waals surface area contributed by atoms with Crippen molar-refractivity contribution >= 4 is 49.6 Å². The number of aliphatic hydroxyl groups excluding tert-OH is 2. The van der Waals surface area contributed by atoms with Crippen molar-refractivity contribution in [3.8, 4) is 0 Å². The summed E-state index contributed by atoms with van der Waals surface area (Å²) in [7, 11) is -2.84. The van der Waals surface area contributed by atoms with Gasteiger partial charge < -0.3 is 15.5 Å². The molecule has 28 heavy (non-hydrogen) atoms. The van der Waals surface area contributed by atoms with Crippen LogP contribution in [0.3, 0.4) is 0 Å². The SMILES string of the molecule is CN1c2sc(CCCO)cc2C(O)=C(C(=O)NCc2ccc(Cl)cc2)S1(=O)=O. The number of carbonyl (C=O) groups excluding carboxylic acids is 1. The van der Waals surface area contributed by atoms with Crippen LogP contribution in [0.1, 0.15) is 22.4 Å². The van der Waals surface area contributed by atoms with E-state index in [2.05, 4.69) is 5.32 Å². The second-order valence-electron chi connectivity index (χ2n) is 6.22. The monoisotopic (exact) mass is 442 g/mol. The largest absolute Gasteiger partial charge is 0.506 e. The van der Waals surface area contributed by atoms with Gasteiger partial charge in [-0.1, -0.05) is 23.7 Å². The third-order valence-electron chi connectivity index (χ3n) is 4.29. The molecule has 1 amide bonds. The van der Waals surface area contributed by atoms with Crippen molar-refractivity contribution in [3.05, 3.63) is 56.3 Å². The summed E-state index contributed by atoms with van der Waals surface area (Å²) >= 11 is 7.04. The lowest BCUT2D eigenvalue weighted by molar-refractivity contribution is -0.117. The maximum atomic E-state index is 12.8. The molecule has 0 saturated carbocycles. The van der Waals surface area contributed by atoms with Crippen LogP contribution >= 0.6 is 22.9 Å². The molecule has 2 heterocycles. The molecule has 1 aliphatic rings. The topological polar surface area (TPSA) is 107 Å². The van der Waals surface area contributed by atoms with Crippen molar-refractivity contribution in [3.63, 3.8) is 0 Å². The van der Waals surface area contributed by atoms with Gasteiger partial charge in [-0.05, 0) is 36.6 Å². The van der Waals surface area contributed by atoms with Crippen molar-refractivity contribution in [1.29, 1.82) is 0 Å². The Hall–Kier alpha value is -2.07. The Bertz CT molecular complexity index is 1030. The number of halogens is 1. The second kappa shape index (κ2) is 8.12. The minimum Gasteiger partial charge on any atom is -0.506 e. The molecular weight excluding hydrogens is 424 g/mol. The van der Waals surface area contributed by atoms with E-state index in [0.717, 1.165) is 14.7 Å². The molecule has 0 atom stereocenters. The summed E-state index contributed by atoms with van der Waals surface area (Å²) in [4.78, 5) is 12.7. The molecule has 1 aromatic carbocycles. The Morgan fingerprint density at radius 3 is 2.61 bits per heavy atom. The number of nitrogens with one attached hydrogen (secondary N) is 1. The number of aliphatic hydroxyl groups is 2. The molecule has 150 valence electrons. The first-order chi connectivity index (χ1) is 13.3. The number of thiophene rings is 1. The summed E-state index contributed by atoms with van der Waals surface area (Å²) in [6, 6.07) is 8.40. The van der Waals surface area contributed by atoms with Crippen LogP contribution in [-0.2, 0) is 27.8 Å². The molecule has 0 bridgehead atoms. The number of sulfonamides is 1. The maximum absolute atomic E-state index is 12.8. The first-order valence-corrected chi connectivity index (χ1v) is 11.1. The van der Waals surface area contributed by atoms with E-state index in [4.69, 9.17) is 16.7 Å². The number of aryl methyl sites for hydroxylation is 1. The van der Waals surface area contributed by atoms with E-state index >= 15 is 0 Å². The molecule has 1 aliphatic heterocycles. The third kappa shape index (κ3) is 3.88. The van der Waals surface area contributed by atoms with Gasteiger partial charge >= 0.3 is 0 Å². The van der Waals surface area contributed by atoms with Crippen molar-refractivity contribution in [1.82, 2.24) is 5.32 Å². The highest BCUT2D eigenvalue weighted by molar-refractivity contribution is 7.98. The van der Waals surface area contributed by atoms with Gasteiger partial charge in [0.05, 0.1) is 5.56 Å². The van der Waals surface area contributed by atoms with Crippen LogP contribution in [0.5, 0.6) is 0 Å². The Morgan fingerprint density at radius 2 is 1.96 bits per heavy atom. The fourth-order valence-corrected chi connectivity index (χ4v) is 5.64. The summed E-state index contributed by atoms with van der Waals surface area (Å²) in [6.45, 7) is 0.0984. The van der Waals surface area contributed by atoms with E-state index in [0.29, 0.717) is 28.4 Å². The van der Waals surface area contributed by atoms with Gasteiger partial charge in [0.15, 0.2) is 10.7 Å². The summed E-state index contributed by atoms with van der Waals surface area (Å²) in [6.07, 6.45) is 1.07. The van der Waals surface area contributed by atoms with Crippen molar-refractivity contribution in [2.75, 3.05) is 18.0 Å². The summed E-state index contributed by atoms with van der Waals surface area (Å²) in [5.74, 6) is -1.44. The number of rotatable bonds is 6. The average Bonchev–Trinajstić information content (AvgIpc) is 3.08. The van der Waals surface area contributed by atoms with Crippen molar-refractivity contribution in [2.45, 2.75) is 19.4 Å². The zero-order valence-corrected chi connectivity index (χ0v) is 17.4. The van der Waals surface area contributed by atoms with Crippen LogP contribution in [0.15, 0.2) is 35.2 Å². The fraction of sp³-hybridized carbons (Fsp3) is 0.278. The molecule has 0 unspecified atom stereocenters. The molecule has 10 heteroatoms. The highest BCUT2D eigenvalue weighted by Crippen LogP contribution is 2.43. The molecule has 3 N–H and O–H groups in total. The van der Waals surface area contributed by atoms with Crippen molar-refractivity contribution in [2.24, 2.45) is 0 Å². The Kier molecular flexibility index (Phi) is 5.99. The molecule has 1 aromatic heterocycles. The number of hydrogen-bond acceptors (Lipinski definition) is 6. The quantitative estimate of drug-likeness (QED) is 0.637. The molecule has 7 nitrogen and oxygen atoms in total. The first-order valence-electron chi connectivity index (χ1n) is 8.44. The zero-order chi connectivity index (χ0) is 20.5. The van der Waals surface area contributed by atoms with Gasteiger partial charge in [0.1, 0.15) is 5.00 Å². The number of carbonyl (C=O) groups is 1. The molecule has 0 aliphatic carbocycles. The fourth-order valence-electron chi connectivity index (χ4n) is 2.79. The first kappa shape index (κ1) is 20.7. The molecule has 0 radical (unpaired) electrons. The van der Waals surface area contributed by atoms with Crippen LogP contribution in [0.2, 0.25) is 5.02 Å². The number of amides is 1. The van der Waals surface area contributed by atoms with Gasteiger partial charge in [0.2, 0.25) is 0 Å². The molecule has 0 saturated heterocycles. The van der Waals surface area contributed by atoms with Gasteiger partial charge in [0, 0.05) is 30.1 Å². The van der Waals surface area contributed by atoms with E-state index in [1.54, 1.807) is 30.3 Å². The normalized spacial score (nSPS) is 15.5. The van der Waals surface area contributed by atoms with Gasteiger partial charge in [-0.15, -0.1) is 11.3 Å². The Labute approximate surface area is 171 Å². The third-order valence-corrected chi connectivity index (χ3v) is 7.73. The second-order valence-corrected chi connectivity index (χ2v) is 9.68. The van der Waals surface area contributed by atoms with Gasteiger partial charge in [-0.3, -0.25) is 9.10 Å². The highest BCUT2D eigenvalue weighted by Gasteiger charge is 2.40. The van der Waals surface area contributed by atoms with E-state index < -0.39 is 26.6 Å². The summed E-state index contributed by atoms with van der Waals surface area (Å²) < 4.78 is 26.6. The zero-order valence-electron chi connectivity index (χ0n) is 15.0. The van der Waals surface area contributed by atoms with Gasteiger partial charge in [0.25, 0.3) is 15.9 Å². The van der Waals surface area contributed by atoms with Crippen molar-refractivity contribution < 1.29 is 23.4 Å². The maximum Gasteiger partial charge on any atom is 0.273 e. The predicted molar refractivity (Wildman–Crippen MR) is 110 cm³/mol. The molecule has 3 rings (SSSR count). The number of nitrogens with zero attached hydrogens (tertiary/aromatic N) is 1. The lowest BCUT2D eigenvalue weighted by Gasteiger charge is -2.25. The summed E-state index contributed by atoms with van der Waals surface area (Å²) in [5.41, 5.74) is 1.04. The minimum atomic E-state index is -4.19. The van der Waals surface area contributed by atoms with E-state index in [1.165, 1.54) is 18.4 Å². The lowest BCUT2D eigenvalue weighted by atomic mass is 10.2. The summed E-state index contributed by atoms with van der Waals surface area (Å²) in [5, 5.41) is 23.0. The van der Waals surface area contributed by atoms with Crippen LogP contribution in [0, 0.1) is 0 Å². The molecular formula is C18H19ClN2O5S2. The van der Waals surface area contributed by atoms with Crippen LogP contribution in [0.4, 0.5) is 5.00 Å². The standard InChI is InChI=1S/C18H19ClN2O5S2/c1-21-18-14(9-13(27-18)3-2-8-22)15(23)16(28(21,25)26)17(24)20-10-11-4-6-12(19)7-5-11/h4-7,9,22-23H,2-3,8,10H2,1H3,(H,20,24). The molecule has 0 spiro atoms. The average molecular weight is 443 g/mol. The van der Waals surface area contributed by atoms with Gasteiger partial charge in [-0.25, -0.2) is 8.42 Å². The van der Waals surface area contributed by atoms with Crippen LogP contribution < -0.4 is 9.62 Å². The smallest absolute Gasteiger partial charge is 0.273 e. The minimum absolute atomic E-state index is 0.0108. The van der Waals surface area contributed by atoms with E-state index in [1.807, 2.05) is 0 Å². The lowest BCUT2D eigenvalue weighted by Crippen LogP contribution is -2.38. The Morgan fingerprint density at radius 1 is 1.29 bits per heavy atom. The number of benzene rings is 1. The van der Waals surface area contributed by atoms with E-state index in [9.17, 15) is 18.3 Å².